The van der Waals surface area contributed by atoms with Crippen molar-refractivity contribution in [2.45, 2.75) is 26.2 Å². The maximum Gasteiger partial charge on any atom is 0.356 e. The predicted octanol–water partition coefficient (Wildman–Crippen LogP) is 3.18. The van der Waals surface area contributed by atoms with Crippen molar-refractivity contribution in [2.24, 2.45) is 0 Å². The molecule has 1 aliphatic rings. The van der Waals surface area contributed by atoms with Gasteiger partial charge in [0.25, 0.3) is 5.91 Å². The number of methoxy groups -OCH3 is 1. The second kappa shape index (κ2) is 12.3. The Morgan fingerprint density at radius 3 is 2.27 bits per heavy atom. The van der Waals surface area contributed by atoms with Gasteiger partial charge in [0.05, 0.1) is 20.1 Å². The normalized spacial score (nSPS) is 13.1. The quantitative estimate of drug-likeness (QED) is 0.266. The first-order valence-electron chi connectivity index (χ1n) is 11.6. The Morgan fingerprint density at radius 1 is 1.03 bits per heavy atom. The number of hydrogen-bond acceptors (Lipinski definition) is 8. The Bertz CT molecular complexity index is 1220. The first-order chi connectivity index (χ1) is 17.7. The largest absolute Gasteiger partial charge is 0.497 e. The maximum atomic E-state index is 13.6. The summed E-state index contributed by atoms with van der Waals surface area (Å²) in [6, 6.07) is 13.4. The zero-order chi connectivity index (χ0) is 26.9. The summed E-state index contributed by atoms with van der Waals surface area (Å²) in [7, 11) is 1.54. The maximum absolute atomic E-state index is 13.6. The molecule has 11 nitrogen and oxygen atoms in total. The smallest absolute Gasteiger partial charge is 0.356 e. The molecular weight excluding hydrogens is 480 g/mol. The van der Waals surface area contributed by atoms with Crippen LogP contribution in [0, 0.1) is 5.41 Å². The molecule has 0 aliphatic carbocycles. The predicted molar refractivity (Wildman–Crippen MR) is 137 cm³/mol. The fraction of sp³-hybridized carbons (Fsp3) is 0.269. The highest BCUT2D eigenvalue weighted by molar-refractivity contribution is 6.43. The van der Waals surface area contributed by atoms with Gasteiger partial charge in [-0.3, -0.25) is 19.8 Å². The fourth-order valence-electron chi connectivity index (χ4n) is 3.65. The molecule has 0 bridgehead atoms. The van der Waals surface area contributed by atoms with Crippen LogP contribution in [0.1, 0.15) is 26.2 Å². The number of carboxylic acids is 1. The minimum absolute atomic E-state index is 0.0838. The highest BCUT2D eigenvalue weighted by atomic mass is 16.5. The molecule has 0 fully saturated rings. The van der Waals surface area contributed by atoms with Crippen molar-refractivity contribution in [1.82, 2.24) is 0 Å². The average Bonchev–Trinajstić information content (AvgIpc) is 2.89. The van der Waals surface area contributed by atoms with Crippen molar-refractivity contribution < 1.29 is 33.8 Å². The van der Waals surface area contributed by atoms with Gasteiger partial charge in [0, 0.05) is 35.6 Å². The lowest BCUT2D eigenvalue weighted by Gasteiger charge is -2.31. The number of anilines is 3. The van der Waals surface area contributed by atoms with Gasteiger partial charge in [-0.1, -0.05) is 0 Å². The number of nitrogens with zero attached hydrogens (tertiary/aromatic N) is 1. The van der Waals surface area contributed by atoms with E-state index >= 15 is 0 Å². The van der Waals surface area contributed by atoms with Gasteiger partial charge < -0.3 is 30.1 Å². The molecule has 4 N–H and O–H groups in total. The number of rotatable bonds is 11. The van der Waals surface area contributed by atoms with Crippen molar-refractivity contribution in [3.8, 4) is 5.75 Å². The Hall–Kier alpha value is -4.67. The van der Waals surface area contributed by atoms with Gasteiger partial charge in [-0.15, -0.1) is 0 Å². The van der Waals surface area contributed by atoms with Gasteiger partial charge >= 0.3 is 11.9 Å². The van der Waals surface area contributed by atoms with Crippen LogP contribution in [0.25, 0.3) is 0 Å². The van der Waals surface area contributed by atoms with Gasteiger partial charge in [-0.05, 0) is 61.9 Å². The third kappa shape index (κ3) is 6.94. The number of amides is 2. The number of ether oxygens (including phenoxy) is 2. The Morgan fingerprint density at radius 2 is 1.68 bits per heavy atom. The van der Waals surface area contributed by atoms with E-state index in [-0.39, 0.29) is 49.4 Å². The molecule has 1 heterocycles. The van der Waals surface area contributed by atoms with Gasteiger partial charge in [-0.25, -0.2) is 4.79 Å². The van der Waals surface area contributed by atoms with Crippen LogP contribution in [0.2, 0.25) is 0 Å². The number of carboxylic acid groups (broad SMARTS) is 1. The molecule has 3 rings (SSSR count). The number of hydrogen-bond donors (Lipinski definition) is 4. The van der Waals surface area contributed by atoms with Crippen LogP contribution in [-0.2, 0) is 23.9 Å². The van der Waals surface area contributed by atoms with Crippen LogP contribution in [0.5, 0.6) is 5.75 Å². The van der Waals surface area contributed by atoms with Crippen molar-refractivity contribution in [3.63, 3.8) is 0 Å². The third-order valence-electron chi connectivity index (χ3n) is 5.52. The number of aliphatic carboxylic acids is 1. The number of esters is 1. The van der Waals surface area contributed by atoms with Crippen LogP contribution in [0.4, 0.5) is 17.1 Å². The van der Waals surface area contributed by atoms with E-state index in [1.54, 1.807) is 62.6 Å². The molecule has 0 atom stereocenters. The van der Waals surface area contributed by atoms with E-state index in [2.05, 4.69) is 10.6 Å². The number of carbonyl (C=O) groups is 4. The standard InChI is InChI=1S/C26H28N4O7/c1-3-37-26(35)23(27)20-14-15-30(25(34)24(20)29-17-6-10-19(36-2)11-7-17)18-8-4-16(5-9-18)28-21(31)12-13-22(32)33/h4-11,27,29H,3,12-15H2,1-2H3,(H,28,31)(H,32,33). The van der Waals surface area contributed by atoms with Gasteiger partial charge in [0.2, 0.25) is 5.91 Å². The van der Waals surface area contributed by atoms with Gasteiger partial charge in [-0.2, -0.15) is 0 Å². The lowest BCUT2D eigenvalue weighted by atomic mass is 9.98. The second-order valence-corrected chi connectivity index (χ2v) is 8.00. The molecule has 2 amide bonds. The highest BCUT2D eigenvalue weighted by Gasteiger charge is 2.32. The first-order valence-corrected chi connectivity index (χ1v) is 11.6. The summed E-state index contributed by atoms with van der Waals surface area (Å²) in [4.78, 5) is 49.9. The van der Waals surface area contributed by atoms with Crippen LogP contribution < -0.4 is 20.3 Å². The number of nitrogens with one attached hydrogen (secondary N) is 3. The summed E-state index contributed by atoms with van der Waals surface area (Å²) in [5.41, 5.74) is 1.52. The molecule has 0 spiro atoms. The fourth-order valence-corrected chi connectivity index (χ4v) is 3.65. The van der Waals surface area contributed by atoms with Crippen molar-refractivity contribution >= 4 is 46.5 Å². The van der Waals surface area contributed by atoms with Crippen LogP contribution >= 0.6 is 0 Å². The van der Waals surface area contributed by atoms with E-state index in [9.17, 15) is 19.2 Å². The second-order valence-electron chi connectivity index (χ2n) is 8.00. The molecule has 1 aliphatic heterocycles. The molecule has 0 saturated carbocycles. The van der Waals surface area contributed by atoms with Crippen molar-refractivity contribution in [3.05, 3.63) is 59.8 Å². The molecule has 0 saturated heterocycles. The summed E-state index contributed by atoms with van der Waals surface area (Å²) in [6.45, 7) is 1.96. The zero-order valence-corrected chi connectivity index (χ0v) is 20.5. The van der Waals surface area contributed by atoms with Gasteiger partial charge in [0.1, 0.15) is 17.2 Å². The third-order valence-corrected chi connectivity index (χ3v) is 5.52. The van der Waals surface area contributed by atoms with Crippen LogP contribution in [0.3, 0.4) is 0 Å². The summed E-state index contributed by atoms with van der Waals surface area (Å²) in [5.74, 6) is -2.11. The minimum atomic E-state index is -1.06. The molecule has 11 heteroatoms. The van der Waals surface area contributed by atoms with E-state index in [0.29, 0.717) is 22.8 Å². The molecule has 194 valence electrons. The Kier molecular flexibility index (Phi) is 8.98. The number of carbonyl (C=O) groups excluding carboxylic acids is 3. The van der Waals surface area contributed by atoms with E-state index in [4.69, 9.17) is 20.0 Å². The Balaban J connectivity index is 1.85. The molecule has 0 radical (unpaired) electrons. The van der Waals surface area contributed by atoms with E-state index in [0.717, 1.165) is 0 Å². The summed E-state index contributed by atoms with van der Waals surface area (Å²) in [6.07, 6.45) is -0.191. The van der Waals surface area contributed by atoms with Gasteiger partial charge in [0.15, 0.2) is 0 Å². The summed E-state index contributed by atoms with van der Waals surface area (Å²) in [5, 5.41) is 22.7. The van der Waals surface area contributed by atoms with Crippen LogP contribution in [-0.4, -0.2) is 54.8 Å². The highest BCUT2D eigenvalue weighted by Crippen LogP contribution is 2.29. The minimum Gasteiger partial charge on any atom is -0.497 e. The first kappa shape index (κ1) is 26.9. The zero-order valence-electron chi connectivity index (χ0n) is 20.5. The molecule has 0 aromatic heterocycles. The van der Waals surface area contributed by atoms with Crippen molar-refractivity contribution in [1.29, 1.82) is 5.41 Å². The van der Waals surface area contributed by atoms with Crippen molar-refractivity contribution in [2.75, 3.05) is 35.8 Å². The SMILES string of the molecule is CCOC(=O)C(=N)C1=C(Nc2ccc(OC)cc2)C(=O)N(c2ccc(NC(=O)CCC(=O)O)cc2)CC1. The van der Waals surface area contributed by atoms with E-state index in [1.165, 1.54) is 4.90 Å². The summed E-state index contributed by atoms with van der Waals surface area (Å²) >= 11 is 0. The molecule has 0 unspecified atom stereocenters. The lowest BCUT2D eigenvalue weighted by molar-refractivity contribution is -0.138. The number of benzene rings is 2. The molecule has 2 aromatic rings. The average molecular weight is 509 g/mol. The topological polar surface area (TPSA) is 158 Å². The monoisotopic (exact) mass is 508 g/mol. The van der Waals surface area contributed by atoms with E-state index < -0.39 is 23.8 Å². The van der Waals surface area contributed by atoms with E-state index in [1.807, 2.05) is 0 Å². The molecule has 2 aromatic carbocycles. The lowest BCUT2D eigenvalue weighted by Crippen LogP contribution is -2.41. The molecule has 37 heavy (non-hydrogen) atoms. The van der Waals surface area contributed by atoms with Crippen LogP contribution in [0.15, 0.2) is 59.8 Å². The summed E-state index contributed by atoms with van der Waals surface area (Å²) < 4.78 is 10.1. The molecular formula is C26H28N4O7. The Labute approximate surface area is 213 Å².